The van der Waals surface area contributed by atoms with Crippen LogP contribution in [0.25, 0.3) is 0 Å². The number of carbonyl (C=O) groups is 3. The average Bonchev–Trinajstić information content (AvgIpc) is 2.44. The molecule has 114 valence electrons. The van der Waals surface area contributed by atoms with Crippen molar-refractivity contribution in [1.82, 2.24) is 10.8 Å². The Morgan fingerprint density at radius 2 is 1.86 bits per heavy atom. The Morgan fingerprint density at radius 3 is 2.38 bits per heavy atom. The van der Waals surface area contributed by atoms with Crippen molar-refractivity contribution in [3.63, 3.8) is 0 Å². The highest BCUT2D eigenvalue weighted by Crippen LogP contribution is 2.02. The number of benzene rings is 1. The first-order valence-electron chi connectivity index (χ1n) is 5.96. The Labute approximate surface area is 120 Å². The van der Waals surface area contributed by atoms with Crippen molar-refractivity contribution in [2.24, 2.45) is 0 Å². The SMILES string of the molecule is COC[C@@H](NC(C)=O)C(=O)ONC(=O)c1ccc(F)cc1. The van der Waals surface area contributed by atoms with Crippen molar-refractivity contribution in [3.05, 3.63) is 35.6 Å². The first kappa shape index (κ1) is 16.6. The topological polar surface area (TPSA) is 93.7 Å². The number of methoxy groups -OCH3 is 1. The smallest absolute Gasteiger partial charge is 0.356 e. The van der Waals surface area contributed by atoms with Crippen LogP contribution in [0.4, 0.5) is 4.39 Å². The molecule has 1 atom stereocenters. The molecule has 0 fully saturated rings. The summed E-state index contributed by atoms with van der Waals surface area (Å²) in [5, 5.41) is 2.31. The number of ether oxygens (including phenoxy) is 1. The summed E-state index contributed by atoms with van der Waals surface area (Å²) in [6.45, 7) is 1.12. The third-order valence-corrected chi connectivity index (χ3v) is 2.35. The van der Waals surface area contributed by atoms with Crippen LogP contribution in [0.5, 0.6) is 0 Å². The van der Waals surface area contributed by atoms with Crippen LogP contribution in [0.15, 0.2) is 24.3 Å². The van der Waals surface area contributed by atoms with Crippen LogP contribution in [-0.2, 0) is 19.2 Å². The van der Waals surface area contributed by atoms with Gasteiger partial charge >= 0.3 is 5.97 Å². The lowest BCUT2D eigenvalue weighted by Crippen LogP contribution is -2.46. The molecule has 0 aliphatic heterocycles. The molecular formula is C13H15FN2O5. The van der Waals surface area contributed by atoms with E-state index < -0.39 is 29.6 Å². The fraction of sp³-hybridized carbons (Fsp3) is 0.308. The van der Waals surface area contributed by atoms with Gasteiger partial charge in [-0.3, -0.25) is 9.59 Å². The molecule has 0 aliphatic rings. The largest absolute Gasteiger partial charge is 0.382 e. The van der Waals surface area contributed by atoms with E-state index in [4.69, 9.17) is 4.74 Å². The van der Waals surface area contributed by atoms with Crippen molar-refractivity contribution in [1.29, 1.82) is 0 Å². The minimum Gasteiger partial charge on any atom is -0.382 e. The lowest BCUT2D eigenvalue weighted by molar-refractivity contribution is -0.154. The van der Waals surface area contributed by atoms with Crippen LogP contribution >= 0.6 is 0 Å². The summed E-state index contributed by atoms with van der Waals surface area (Å²) in [6, 6.07) is 3.63. The first-order valence-corrected chi connectivity index (χ1v) is 5.96. The van der Waals surface area contributed by atoms with Gasteiger partial charge in [0.2, 0.25) is 5.91 Å². The average molecular weight is 298 g/mol. The summed E-state index contributed by atoms with van der Waals surface area (Å²) in [7, 11) is 1.35. The van der Waals surface area contributed by atoms with Crippen molar-refractivity contribution in [3.8, 4) is 0 Å². The minimum atomic E-state index is -1.04. The zero-order chi connectivity index (χ0) is 15.8. The predicted molar refractivity (Wildman–Crippen MR) is 69.4 cm³/mol. The Hall–Kier alpha value is -2.48. The normalized spacial score (nSPS) is 11.4. The van der Waals surface area contributed by atoms with Crippen molar-refractivity contribution in [2.45, 2.75) is 13.0 Å². The maximum Gasteiger partial charge on any atom is 0.356 e. The Kier molecular flexibility index (Phi) is 6.28. The van der Waals surface area contributed by atoms with Crippen molar-refractivity contribution < 1.29 is 28.3 Å². The Bertz CT molecular complexity index is 518. The van der Waals surface area contributed by atoms with Gasteiger partial charge < -0.3 is 14.9 Å². The van der Waals surface area contributed by atoms with Crippen LogP contribution < -0.4 is 10.8 Å². The third kappa shape index (κ3) is 5.57. The molecule has 0 heterocycles. The number of nitrogens with one attached hydrogen (secondary N) is 2. The molecule has 0 saturated heterocycles. The summed E-state index contributed by atoms with van der Waals surface area (Å²) in [5.41, 5.74) is 2.03. The number of hydrogen-bond donors (Lipinski definition) is 2. The summed E-state index contributed by atoms with van der Waals surface area (Å²) >= 11 is 0. The zero-order valence-corrected chi connectivity index (χ0v) is 11.5. The number of halogens is 1. The van der Waals surface area contributed by atoms with Gasteiger partial charge in [0.05, 0.1) is 6.61 Å². The highest BCUT2D eigenvalue weighted by molar-refractivity contribution is 5.94. The first-order chi connectivity index (χ1) is 9.93. The van der Waals surface area contributed by atoms with E-state index in [2.05, 4.69) is 10.2 Å². The van der Waals surface area contributed by atoms with E-state index in [1.807, 2.05) is 5.48 Å². The predicted octanol–water partition coefficient (Wildman–Crippen LogP) is 0.165. The molecule has 2 N–H and O–H groups in total. The van der Waals surface area contributed by atoms with Gasteiger partial charge in [-0.15, -0.1) is 0 Å². The molecule has 0 saturated carbocycles. The van der Waals surface area contributed by atoms with E-state index in [0.717, 1.165) is 12.1 Å². The molecule has 0 aromatic heterocycles. The molecule has 1 aromatic rings. The number of amides is 2. The van der Waals surface area contributed by atoms with Crippen LogP contribution in [0.1, 0.15) is 17.3 Å². The van der Waals surface area contributed by atoms with E-state index in [-0.39, 0.29) is 12.2 Å². The molecule has 7 nitrogen and oxygen atoms in total. The zero-order valence-electron chi connectivity index (χ0n) is 11.5. The van der Waals surface area contributed by atoms with Gasteiger partial charge in [0.15, 0.2) is 6.04 Å². The van der Waals surface area contributed by atoms with Crippen molar-refractivity contribution >= 4 is 17.8 Å². The second-order valence-corrected chi connectivity index (χ2v) is 4.07. The molecule has 0 spiro atoms. The standard InChI is InChI=1S/C13H15FN2O5/c1-8(17)15-11(7-20-2)13(19)21-16-12(18)9-3-5-10(14)6-4-9/h3-6,11H,7H2,1-2H3,(H,15,17)(H,16,18)/t11-/m1/s1. The van der Waals surface area contributed by atoms with Crippen LogP contribution in [0.3, 0.4) is 0 Å². The maximum atomic E-state index is 12.7. The molecule has 0 bridgehead atoms. The molecule has 0 radical (unpaired) electrons. The molecule has 1 rings (SSSR count). The Balaban J connectivity index is 2.55. The maximum absolute atomic E-state index is 12.7. The second-order valence-electron chi connectivity index (χ2n) is 4.07. The molecule has 0 unspecified atom stereocenters. The monoisotopic (exact) mass is 298 g/mol. The fourth-order valence-electron chi connectivity index (χ4n) is 1.41. The summed E-state index contributed by atoms with van der Waals surface area (Å²) in [4.78, 5) is 38.8. The molecular weight excluding hydrogens is 283 g/mol. The quantitative estimate of drug-likeness (QED) is 0.756. The van der Waals surface area contributed by atoms with Crippen LogP contribution in [0.2, 0.25) is 0 Å². The van der Waals surface area contributed by atoms with E-state index in [0.29, 0.717) is 0 Å². The van der Waals surface area contributed by atoms with E-state index in [9.17, 15) is 18.8 Å². The van der Waals surface area contributed by atoms with E-state index >= 15 is 0 Å². The van der Waals surface area contributed by atoms with Gasteiger partial charge in [-0.25, -0.2) is 9.18 Å². The lowest BCUT2D eigenvalue weighted by Gasteiger charge is -2.15. The van der Waals surface area contributed by atoms with Gasteiger partial charge in [0.1, 0.15) is 5.82 Å². The molecule has 8 heteroatoms. The fourth-order valence-corrected chi connectivity index (χ4v) is 1.41. The number of hydroxylamine groups is 1. The minimum absolute atomic E-state index is 0.106. The van der Waals surface area contributed by atoms with Gasteiger partial charge in [0, 0.05) is 19.6 Å². The number of carbonyl (C=O) groups excluding carboxylic acids is 3. The third-order valence-electron chi connectivity index (χ3n) is 2.35. The molecule has 0 aliphatic carbocycles. The van der Waals surface area contributed by atoms with Gasteiger partial charge in [0.25, 0.3) is 5.91 Å². The molecule has 2 amide bonds. The highest BCUT2D eigenvalue weighted by Gasteiger charge is 2.22. The lowest BCUT2D eigenvalue weighted by atomic mass is 10.2. The van der Waals surface area contributed by atoms with Crippen LogP contribution in [-0.4, -0.2) is 37.5 Å². The summed E-state index contributed by atoms with van der Waals surface area (Å²) in [5.74, 6) is -2.54. The van der Waals surface area contributed by atoms with Crippen molar-refractivity contribution in [2.75, 3.05) is 13.7 Å². The van der Waals surface area contributed by atoms with E-state index in [1.165, 1.54) is 26.2 Å². The number of rotatable bonds is 5. The molecule has 1 aromatic carbocycles. The van der Waals surface area contributed by atoms with E-state index in [1.54, 1.807) is 0 Å². The van der Waals surface area contributed by atoms with Gasteiger partial charge in [-0.2, -0.15) is 5.48 Å². The molecule has 21 heavy (non-hydrogen) atoms. The number of hydrogen-bond acceptors (Lipinski definition) is 5. The Morgan fingerprint density at radius 1 is 1.24 bits per heavy atom. The van der Waals surface area contributed by atoms with Crippen LogP contribution in [0, 0.1) is 5.82 Å². The summed E-state index contributed by atoms with van der Waals surface area (Å²) < 4.78 is 17.5. The van der Waals surface area contributed by atoms with Gasteiger partial charge in [-0.1, -0.05) is 0 Å². The second kappa shape index (κ2) is 7.95. The highest BCUT2D eigenvalue weighted by atomic mass is 19.1. The van der Waals surface area contributed by atoms with Gasteiger partial charge in [-0.05, 0) is 24.3 Å². The summed E-state index contributed by atoms with van der Waals surface area (Å²) in [6.07, 6.45) is 0.